The van der Waals surface area contributed by atoms with E-state index < -0.39 is 5.97 Å². The van der Waals surface area contributed by atoms with Crippen LogP contribution in [0.3, 0.4) is 0 Å². The number of likely N-dealkylation sites (N-methyl/N-ethyl adjacent to an activating group) is 1. The zero-order valence-corrected chi connectivity index (χ0v) is 14.7. The van der Waals surface area contributed by atoms with Gasteiger partial charge in [-0.25, -0.2) is 0 Å². The van der Waals surface area contributed by atoms with Gasteiger partial charge in [-0.3, -0.25) is 14.6 Å². The van der Waals surface area contributed by atoms with Crippen molar-refractivity contribution in [2.45, 2.75) is 18.9 Å². The molecule has 1 aliphatic rings. The van der Waals surface area contributed by atoms with Crippen LogP contribution >= 0.6 is 0 Å². The van der Waals surface area contributed by atoms with E-state index >= 15 is 0 Å². The molecule has 25 heavy (non-hydrogen) atoms. The maximum atomic E-state index is 10.8. The van der Waals surface area contributed by atoms with Crippen molar-refractivity contribution in [3.05, 3.63) is 42.5 Å². The number of aliphatic carboxylic acids is 1. The number of nitrogens with zero attached hydrogens (tertiary/aromatic N) is 2. The average Bonchev–Trinajstić information content (AvgIpc) is 2.62. The Labute approximate surface area is 148 Å². The number of carbonyl (C=O) groups is 1. The Morgan fingerprint density at radius 1 is 1.20 bits per heavy atom. The van der Waals surface area contributed by atoms with Crippen LogP contribution in [0.5, 0.6) is 5.75 Å². The summed E-state index contributed by atoms with van der Waals surface area (Å²) in [4.78, 5) is 15.2. The molecule has 1 fully saturated rings. The highest BCUT2D eigenvalue weighted by Crippen LogP contribution is 2.25. The van der Waals surface area contributed by atoms with Crippen molar-refractivity contribution in [1.29, 1.82) is 0 Å². The van der Waals surface area contributed by atoms with Gasteiger partial charge in [-0.05, 0) is 44.4 Å². The fourth-order valence-corrected chi connectivity index (χ4v) is 3.53. The monoisotopic (exact) mass is 342 g/mol. The Kier molecular flexibility index (Phi) is 5.89. The number of hydrogen-bond donors (Lipinski definition) is 1. The minimum absolute atomic E-state index is 0.120. The number of benzene rings is 2. The van der Waals surface area contributed by atoms with E-state index in [1.54, 1.807) is 0 Å². The molecule has 0 amide bonds. The van der Waals surface area contributed by atoms with E-state index in [0.29, 0.717) is 12.6 Å². The predicted molar refractivity (Wildman–Crippen MR) is 99.2 cm³/mol. The van der Waals surface area contributed by atoms with E-state index in [1.165, 1.54) is 5.39 Å². The van der Waals surface area contributed by atoms with Crippen LogP contribution in [0.25, 0.3) is 10.8 Å². The Hall–Kier alpha value is -2.11. The zero-order valence-electron chi connectivity index (χ0n) is 14.7. The van der Waals surface area contributed by atoms with Crippen LogP contribution in [-0.2, 0) is 4.79 Å². The number of piperidine rings is 1. The van der Waals surface area contributed by atoms with Gasteiger partial charge in [0.25, 0.3) is 0 Å². The fourth-order valence-electron chi connectivity index (χ4n) is 3.53. The molecule has 1 aliphatic heterocycles. The molecule has 0 aliphatic carbocycles. The average molecular weight is 342 g/mol. The number of hydrogen-bond acceptors (Lipinski definition) is 4. The summed E-state index contributed by atoms with van der Waals surface area (Å²) in [6.07, 6.45) is 2.02. The summed E-state index contributed by atoms with van der Waals surface area (Å²) in [5, 5.41) is 11.2. The van der Waals surface area contributed by atoms with Gasteiger partial charge in [0.15, 0.2) is 0 Å². The molecule has 0 saturated carbocycles. The molecule has 2 aromatic carbocycles. The summed E-state index contributed by atoms with van der Waals surface area (Å²) in [6.45, 7) is 3.68. The third-order valence-corrected chi connectivity index (χ3v) is 4.98. The normalized spacial score (nSPS) is 16.4. The predicted octanol–water partition coefficient (Wildman–Crippen LogP) is 2.70. The summed E-state index contributed by atoms with van der Waals surface area (Å²) in [5.74, 6) is 0.183. The Balaban J connectivity index is 1.45. The molecule has 1 saturated heterocycles. The van der Waals surface area contributed by atoms with Gasteiger partial charge in [-0.2, -0.15) is 0 Å². The van der Waals surface area contributed by atoms with Gasteiger partial charge in [0.05, 0.1) is 6.54 Å². The second kappa shape index (κ2) is 8.32. The molecule has 2 aromatic rings. The van der Waals surface area contributed by atoms with Crippen LogP contribution in [0.4, 0.5) is 0 Å². The van der Waals surface area contributed by atoms with Crippen LogP contribution in [0.1, 0.15) is 12.8 Å². The second-order valence-corrected chi connectivity index (χ2v) is 6.71. The van der Waals surface area contributed by atoms with Gasteiger partial charge in [-0.15, -0.1) is 0 Å². The third-order valence-electron chi connectivity index (χ3n) is 4.98. The van der Waals surface area contributed by atoms with E-state index in [0.717, 1.165) is 43.6 Å². The van der Waals surface area contributed by atoms with Gasteiger partial charge in [0, 0.05) is 18.0 Å². The number of carboxylic acid groups (broad SMARTS) is 1. The smallest absolute Gasteiger partial charge is 0.317 e. The van der Waals surface area contributed by atoms with Crippen LogP contribution in [-0.4, -0.2) is 66.8 Å². The lowest BCUT2D eigenvalue weighted by atomic mass is 10.0. The summed E-state index contributed by atoms with van der Waals surface area (Å²) >= 11 is 0. The molecule has 0 atom stereocenters. The molecular weight excluding hydrogens is 316 g/mol. The number of rotatable bonds is 7. The van der Waals surface area contributed by atoms with Gasteiger partial charge in [0.1, 0.15) is 12.4 Å². The van der Waals surface area contributed by atoms with Crippen molar-refractivity contribution in [2.24, 2.45) is 0 Å². The van der Waals surface area contributed by atoms with Gasteiger partial charge < -0.3 is 9.84 Å². The van der Waals surface area contributed by atoms with Crippen molar-refractivity contribution in [3.63, 3.8) is 0 Å². The van der Waals surface area contributed by atoms with Crippen molar-refractivity contribution in [2.75, 3.05) is 39.8 Å². The molecule has 1 heterocycles. The first-order chi connectivity index (χ1) is 12.1. The number of carboxylic acids is 1. The maximum Gasteiger partial charge on any atom is 0.317 e. The lowest BCUT2D eigenvalue weighted by molar-refractivity contribution is -0.138. The maximum absolute atomic E-state index is 10.8. The van der Waals surface area contributed by atoms with Crippen molar-refractivity contribution < 1.29 is 14.6 Å². The molecule has 0 unspecified atom stereocenters. The molecule has 0 aromatic heterocycles. The molecule has 0 spiro atoms. The molecule has 0 radical (unpaired) electrons. The second-order valence-electron chi connectivity index (χ2n) is 6.71. The first-order valence-corrected chi connectivity index (χ1v) is 8.88. The van der Waals surface area contributed by atoms with E-state index in [9.17, 15) is 4.79 Å². The summed E-state index contributed by atoms with van der Waals surface area (Å²) in [6, 6.07) is 14.8. The SMILES string of the molecule is CN(CC(=O)O)C1CCN(CCOc2cccc3ccccc23)CC1. The molecule has 5 nitrogen and oxygen atoms in total. The summed E-state index contributed by atoms with van der Waals surface area (Å²) in [7, 11) is 1.90. The highest BCUT2D eigenvalue weighted by atomic mass is 16.5. The summed E-state index contributed by atoms with van der Waals surface area (Å²) in [5.41, 5.74) is 0. The Morgan fingerprint density at radius 3 is 2.68 bits per heavy atom. The first-order valence-electron chi connectivity index (χ1n) is 8.88. The highest BCUT2D eigenvalue weighted by molar-refractivity contribution is 5.88. The minimum Gasteiger partial charge on any atom is -0.492 e. The largest absolute Gasteiger partial charge is 0.492 e. The van der Waals surface area contributed by atoms with E-state index in [2.05, 4.69) is 23.1 Å². The topological polar surface area (TPSA) is 53.0 Å². The molecule has 3 rings (SSSR count). The van der Waals surface area contributed by atoms with Crippen LogP contribution in [0, 0.1) is 0 Å². The van der Waals surface area contributed by atoms with Crippen LogP contribution < -0.4 is 4.74 Å². The van der Waals surface area contributed by atoms with Crippen LogP contribution in [0.15, 0.2) is 42.5 Å². The highest BCUT2D eigenvalue weighted by Gasteiger charge is 2.23. The number of fused-ring (bicyclic) bond motifs is 1. The minimum atomic E-state index is -0.756. The molecule has 5 heteroatoms. The van der Waals surface area contributed by atoms with E-state index in [1.807, 2.05) is 36.2 Å². The van der Waals surface area contributed by atoms with Gasteiger partial charge >= 0.3 is 5.97 Å². The number of likely N-dealkylation sites (tertiary alicyclic amines) is 1. The third kappa shape index (κ3) is 4.71. The fraction of sp³-hybridized carbons (Fsp3) is 0.450. The standard InChI is InChI=1S/C20H26N2O3/c1-21(15-20(23)24)17-9-11-22(12-10-17)13-14-25-19-8-4-6-16-5-2-3-7-18(16)19/h2-8,17H,9-15H2,1H3,(H,23,24). The van der Waals surface area contributed by atoms with Gasteiger partial charge in [-0.1, -0.05) is 36.4 Å². The van der Waals surface area contributed by atoms with Gasteiger partial charge in [0.2, 0.25) is 0 Å². The number of ether oxygens (including phenoxy) is 1. The van der Waals surface area contributed by atoms with Crippen molar-refractivity contribution in [3.8, 4) is 5.75 Å². The lowest BCUT2D eigenvalue weighted by Gasteiger charge is -2.36. The van der Waals surface area contributed by atoms with E-state index in [4.69, 9.17) is 9.84 Å². The Bertz CT molecular complexity index is 706. The van der Waals surface area contributed by atoms with Crippen molar-refractivity contribution in [1.82, 2.24) is 9.80 Å². The first kappa shape index (κ1) is 17.7. The van der Waals surface area contributed by atoms with Crippen molar-refractivity contribution >= 4 is 16.7 Å². The lowest BCUT2D eigenvalue weighted by Crippen LogP contribution is -2.45. The van der Waals surface area contributed by atoms with E-state index in [-0.39, 0.29) is 6.54 Å². The molecular formula is C20H26N2O3. The molecule has 134 valence electrons. The summed E-state index contributed by atoms with van der Waals surface area (Å²) < 4.78 is 6.02. The Morgan fingerprint density at radius 2 is 1.92 bits per heavy atom. The quantitative estimate of drug-likeness (QED) is 0.838. The van der Waals surface area contributed by atoms with Crippen LogP contribution in [0.2, 0.25) is 0 Å². The zero-order chi connectivity index (χ0) is 17.6. The molecule has 1 N–H and O–H groups in total. The molecule has 0 bridgehead atoms.